The lowest BCUT2D eigenvalue weighted by Crippen LogP contribution is -2.41. The molecule has 0 bridgehead atoms. The number of esters is 1. The molecule has 0 unspecified atom stereocenters. The summed E-state index contributed by atoms with van der Waals surface area (Å²) in [6, 6.07) is 10.4. The van der Waals surface area contributed by atoms with Gasteiger partial charge < -0.3 is 10.1 Å². The van der Waals surface area contributed by atoms with Gasteiger partial charge in [0.15, 0.2) is 6.61 Å². The van der Waals surface area contributed by atoms with E-state index in [1.807, 2.05) is 5.32 Å². The third-order valence-corrected chi connectivity index (χ3v) is 5.14. The number of carbonyl (C=O) groups is 3. The van der Waals surface area contributed by atoms with Gasteiger partial charge in [-0.15, -0.1) is 6.58 Å². The van der Waals surface area contributed by atoms with Crippen molar-refractivity contribution in [1.29, 1.82) is 0 Å². The van der Waals surface area contributed by atoms with Crippen LogP contribution in [0.3, 0.4) is 0 Å². The highest BCUT2D eigenvalue weighted by atomic mass is 35.5. The Labute approximate surface area is 178 Å². The Hall–Kier alpha value is -3.37. The third kappa shape index (κ3) is 6.61. The van der Waals surface area contributed by atoms with Crippen molar-refractivity contribution in [2.24, 2.45) is 0 Å². The van der Waals surface area contributed by atoms with Crippen molar-refractivity contribution < 1.29 is 27.5 Å². The van der Waals surface area contributed by atoms with Gasteiger partial charge in [-0.3, -0.25) is 14.8 Å². The van der Waals surface area contributed by atoms with Crippen LogP contribution in [-0.2, 0) is 19.6 Å². The number of hydrogen-bond acceptors (Lipinski definition) is 6. The lowest BCUT2D eigenvalue weighted by atomic mass is 10.2. The molecule has 2 rings (SSSR count). The molecule has 0 heterocycles. The second-order valence-electron chi connectivity index (χ2n) is 5.73. The van der Waals surface area contributed by atoms with E-state index >= 15 is 0 Å². The topological polar surface area (TPSA) is 131 Å². The van der Waals surface area contributed by atoms with Gasteiger partial charge in [0.25, 0.3) is 15.9 Å². The summed E-state index contributed by atoms with van der Waals surface area (Å²) in [5.74, 6) is -1.81. The zero-order valence-corrected chi connectivity index (χ0v) is 17.1. The number of anilines is 1. The SMILES string of the molecule is C=CCNC(=O)NC(=O)COC(=O)c1ccccc1NS(=O)(=O)c1ccc(Cl)cc1. The number of rotatable bonds is 8. The van der Waals surface area contributed by atoms with Crippen molar-refractivity contribution in [3.63, 3.8) is 0 Å². The maximum absolute atomic E-state index is 12.5. The first-order valence-corrected chi connectivity index (χ1v) is 10.3. The first-order valence-electron chi connectivity index (χ1n) is 8.46. The van der Waals surface area contributed by atoms with Crippen LogP contribution in [0.5, 0.6) is 0 Å². The number of halogens is 1. The monoisotopic (exact) mass is 451 g/mol. The molecule has 2 aromatic carbocycles. The Kier molecular flexibility index (Phi) is 7.96. The molecule has 0 atom stereocenters. The molecule has 30 heavy (non-hydrogen) atoms. The fourth-order valence-electron chi connectivity index (χ4n) is 2.15. The predicted octanol–water partition coefficient (Wildman–Crippen LogP) is 2.31. The number of amides is 3. The average molecular weight is 452 g/mol. The van der Waals surface area contributed by atoms with Crippen LogP contribution in [0.4, 0.5) is 10.5 Å². The molecule has 0 saturated carbocycles. The minimum atomic E-state index is -4.00. The van der Waals surface area contributed by atoms with Gasteiger partial charge in [-0.05, 0) is 36.4 Å². The van der Waals surface area contributed by atoms with Crippen LogP contribution in [0.25, 0.3) is 0 Å². The molecule has 0 radical (unpaired) electrons. The number of ether oxygens (including phenoxy) is 1. The van der Waals surface area contributed by atoms with Gasteiger partial charge >= 0.3 is 12.0 Å². The third-order valence-electron chi connectivity index (χ3n) is 3.51. The minimum Gasteiger partial charge on any atom is -0.452 e. The van der Waals surface area contributed by atoms with Gasteiger partial charge in [0.1, 0.15) is 0 Å². The molecule has 0 fully saturated rings. The maximum atomic E-state index is 12.5. The predicted molar refractivity (Wildman–Crippen MR) is 111 cm³/mol. The highest BCUT2D eigenvalue weighted by Gasteiger charge is 2.20. The summed E-state index contributed by atoms with van der Waals surface area (Å²) in [5.41, 5.74) is -0.152. The number of para-hydroxylation sites is 1. The van der Waals surface area contributed by atoms with E-state index in [2.05, 4.69) is 16.6 Å². The quantitative estimate of drug-likeness (QED) is 0.417. The fraction of sp³-hybridized carbons (Fsp3) is 0.105. The molecule has 9 nitrogen and oxygen atoms in total. The smallest absolute Gasteiger partial charge is 0.340 e. The standard InChI is InChI=1S/C19H18ClN3O6S/c1-2-11-21-19(26)22-17(24)12-29-18(25)15-5-3-4-6-16(15)23-30(27,28)14-9-7-13(20)8-10-14/h2-10,23H,1,11-12H2,(H2,21,22,24,26). The van der Waals surface area contributed by atoms with E-state index in [0.29, 0.717) is 5.02 Å². The molecule has 3 amide bonds. The number of imide groups is 1. The van der Waals surface area contributed by atoms with Crippen LogP contribution < -0.4 is 15.4 Å². The molecule has 3 N–H and O–H groups in total. The number of benzene rings is 2. The fourth-order valence-corrected chi connectivity index (χ4v) is 3.35. The van der Waals surface area contributed by atoms with Gasteiger partial charge in [-0.1, -0.05) is 29.8 Å². The Morgan fingerprint density at radius 2 is 1.73 bits per heavy atom. The lowest BCUT2D eigenvalue weighted by molar-refractivity contribution is -0.123. The van der Waals surface area contributed by atoms with Crippen LogP contribution in [-0.4, -0.2) is 39.5 Å². The Morgan fingerprint density at radius 3 is 2.40 bits per heavy atom. The summed E-state index contributed by atoms with van der Waals surface area (Å²) in [6.45, 7) is 2.83. The molecule has 158 valence electrons. The zero-order valence-electron chi connectivity index (χ0n) is 15.6. The maximum Gasteiger partial charge on any atom is 0.340 e. The minimum absolute atomic E-state index is 0.0402. The van der Waals surface area contributed by atoms with E-state index in [4.69, 9.17) is 16.3 Å². The first kappa shape index (κ1) is 22.9. The highest BCUT2D eigenvalue weighted by molar-refractivity contribution is 7.92. The number of carbonyl (C=O) groups excluding carboxylic acids is 3. The van der Waals surface area contributed by atoms with Crippen molar-refractivity contribution >= 4 is 45.2 Å². The van der Waals surface area contributed by atoms with Crippen LogP contribution in [0.2, 0.25) is 5.02 Å². The second kappa shape index (κ2) is 10.4. The van der Waals surface area contributed by atoms with E-state index in [0.717, 1.165) is 0 Å². The Morgan fingerprint density at radius 1 is 1.07 bits per heavy atom. The van der Waals surface area contributed by atoms with E-state index in [1.165, 1.54) is 54.6 Å². The highest BCUT2D eigenvalue weighted by Crippen LogP contribution is 2.22. The summed E-state index contributed by atoms with van der Waals surface area (Å²) in [4.78, 5) is 35.3. The van der Waals surface area contributed by atoms with Gasteiger partial charge in [0.05, 0.1) is 16.1 Å². The van der Waals surface area contributed by atoms with Crippen molar-refractivity contribution in [3.8, 4) is 0 Å². The molecule has 0 aliphatic rings. The zero-order chi connectivity index (χ0) is 22.1. The largest absolute Gasteiger partial charge is 0.452 e. The summed E-state index contributed by atoms with van der Waals surface area (Å²) >= 11 is 5.77. The molecule has 0 aromatic heterocycles. The van der Waals surface area contributed by atoms with Crippen LogP contribution in [0, 0.1) is 0 Å². The van der Waals surface area contributed by atoms with E-state index < -0.39 is 34.5 Å². The van der Waals surface area contributed by atoms with Crippen molar-refractivity contribution in [2.45, 2.75) is 4.90 Å². The normalized spacial score (nSPS) is 10.6. The summed E-state index contributed by atoms with van der Waals surface area (Å²) in [6.07, 6.45) is 1.42. The number of nitrogens with one attached hydrogen (secondary N) is 3. The molecule has 11 heteroatoms. The second-order valence-corrected chi connectivity index (χ2v) is 7.85. The molecular weight excluding hydrogens is 434 g/mol. The van der Waals surface area contributed by atoms with E-state index in [-0.39, 0.29) is 22.7 Å². The van der Waals surface area contributed by atoms with Crippen LogP contribution in [0.1, 0.15) is 10.4 Å². The van der Waals surface area contributed by atoms with Crippen molar-refractivity contribution in [3.05, 3.63) is 71.8 Å². The van der Waals surface area contributed by atoms with Gasteiger partial charge in [0, 0.05) is 11.6 Å². The summed E-state index contributed by atoms with van der Waals surface area (Å²) in [7, 11) is -4.00. The molecule has 0 spiro atoms. The number of urea groups is 1. The summed E-state index contributed by atoms with van der Waals surface area (Å²) < 4.78 is 32.2. The number of hydrogen-bond donors (Lipinski definition) is 3. The van der Waals surface area contributed by atoms with Gasteiger partial charge in [-0.2, -0.15) is 0 Å². The van der Waals surface area contributed by atoms with E-state index in [1.54, 1.807) is 0 Å². The van der Waals surface area contributed by atoms with Gasteiger partial charge in [0.2, 0.25) is 0 Å². The van der Waals surface area contributed by atoms with Crippen LogP contribution >= 0.6 is 11.6 Å². The molecule has 0 aliphatic heterocycles. The molecule has 2 aromatic rings. The lowest BCUT2D eigenvalue weighted by Gasteiger charge is -2.12. The summed E-state index contributed by atoms with van der Waals surface area (Å²) in [5, 5.41) is 4.66. The Bertz CT molecular complexity index is 1050. The van der Waals surface area contributed by atoms with Gasteiger partial charge in [-0.25, -0.2) is 18.0 Å². The van der Waals surface area contributed by atoms with Crippen molar-refractivity contribution in [2.75, 3.05) is 17.9 Å². The molecule has 0 aliphatic carbocycles. The van der Waals surface area contributed by atoms with Crippen molar-refractivity contribution in [1.82, 2.24) is 10.6 Å². The molecule has 0 saturated heterocycles. The first-order chi connectivity index (χ1) is 14.2. The van der Waals surface area contributed by atoms with E-state index in [9.17, 15) is 22.8 Å². The molecular formula is C19H18ClN3O6S. The van der Waals surface area contributed by atoms with Crippen LogP contribution in [0.15, 0.2) is 66.1 Å². The average Bonchev–Trinajstić information content (AvgIpc) is 2.71. The number of sulfonamides is 1. The Balaban J connectivity index is 2.06.